The van der Waals surface area contributed by atoms with Gasteiger partial charge in [-0.1, -0.05) is 57.3 Å². The Labute approximate surface area is 132 Å². The second kappa shape index (κ2) is 6.27. The van der Waals surface area contributed by atoms with Crippen molar-refractivity contribution in [1.29, 1.82) is 0 Å². The van der Waals surface area contributed by atoms with Crippen molar-refractivity contribution in [3.63, 3.8) is 0 Å². The lowest BCUT2D eigenvalue weighted by molar-refractivity contribution is 0.688. The first-order valence-corrected chi connectivity index (χ1v) is 7.46. The van der Waals surface area contributed by atoms with Crippen LogP contribution in [0.1, 0.15) is 22.7 Å². The maximum Gasteiger partial charge on any atom is 0.0600 e. The number of benzene rings is 2. The molecule has 0 radical (unpaired) electrons. The van der Waals surface area contributed by atoms with Crippen LogP contribution in [0.25, 0.3) is 0 Å². The maximum absolute atomic E-state index is 6.30. The van der Waals surface area contributed by atoms with Gasteiger partial charge >= 0.3 is 0 Å². The summed E-state index contributed by atoms with van der Waals surface area (Å²) in [5.41, 5.74) is 3.31. The van der Waals surface area contributed by atoms with E-state index in [-0.39, 0.29) is 6.04 Å². The third kappa shape index (κ3) is 3.14. The molecule has 0 aliphatic rings. The van der Waals surface area contributed by atoms with Crippen molar-refractivity contribution in [3.05, 3.63) is 67.6 Å². The second-order valence-corrected chi connectivity index (χ2v) is 6.00. The highest BCUT2D eigenvalue weighted by molar-refractivity contribution is 9.10. The molecule has 4 heteroatoms. The fourth-order valence-electron chi connectivity index (χ4n) is 2.11. The van der Waals surface area contributed by atoms with Crippen LogP contribution in [0.15, 0.2) is 40.9 Å². The van der Waals surface area contributed by atoms with Gasteiger partial charge in [0.15, 0.2) is 0 Å². The van der Waals surface area contributed by atoms with Crippen molar-refractivity contribution in [3.8, 4) is 0 Å². The maximum atomic E-state index is 6.30. The van der Waals surface area contributed by atoms with E-state index in [1.807, 2.05) is 25.2 Å². The lowest BCUT2D eigenvalue weighted by Crippen LogP contribution is -2.18. The fraction of sp³-hybridized carbons (Fsp3) is 0.200. The highest BCUT2D eigenvalue weighted by Gasteiger charge is 2.18. The Balaban J connectivity index is 2.56. The minimum Gasteiger partial charge on any atom is -0.309 e. The van der Waals surface area contributed by atoms with Gasteiger partial charge in [-0.3, -0.25) is 0 Å². The molecule has 2 aromatic carbocycles. The summed E-state index contributed by atoms with van der Waals surface area (Å²) in [4.78, 5) is 0. The minimum absolute atomic E-state index is 0.000440. The second-order valence-electron chi connectivity index (χ2n) is 4.37. The van der Waals surface area contributed by atoms with Crippen LogP contribution in [-0.2, 0) is 0 Å². The summed E-state index contributed by atoms with van der Waals surface area (Å²) in [6.45, 7) is 2.07. The van der Waals surface area contributed by atoms with Gasteiger partial charge in [-0.15, -0.1) is 0 Å². The van der Waals surface area contributed by atoms with Gasteiger partial charge in [0, 0.05) is 14.5 Å². The third-order valence-corrected chi connectivity index (χ3v) is 4.75. The van der Waals surface area contributed by atoms with E-state index in [0.717, 1.165) is 15.6 Å². The molecular weight excluding hydrogens is 345 g/mol. The highest BCUT2D eigenvalue weighted by Crippen LogP contribution is 2.34. The molecule has 0 bridgehead atoms. The van der Waals surface area contributed by atoms with E-state index < -0.39 is 0 Å². The average molecular weight is 359 g/mol. The van der Waals surface area contributed by atoms with Gasteiger partial charge in [-0.2, -0.15) is 0 Å². The zero-order valence-electron chi connectivity index (χ0n) is 10.7. The lowest BCUT2D eigenvalue weighted by Gasteiger charge is -2.21. The summed E-state index contributed by atoms with van der Waals surface area (Å²) in [7, 11) is 1.91. The molecule has 0 aromatic heterocycles. The first-order valence-electron chi connectivity index (χ1n) is 5.92. The highest BCUT2D eigenvalue weighted by atomic mass is 79.9. The molecule has 0 saturated carbocycles. The normalized spacial score (nSPS) is 12.5. The molecule has 0 aliphatic carbocycles. The van der Waals surface area contributed by atoms with Crippen LogP contribution in [-0.4, -0.2) is 7.05 Å². The molecule has 100 valence electrons. The van der Waals surface area contributed by atoms with Crippen LogP contribution in [0.4, 0.5) is 0 Å². The topological polar surface area (TPSA) is 12.0 Å². The quantitative estimate of drug-likeness (QED) is 0.777. The molecule has 1 nitrogen and oxygen atoms in total. The van der Waals surface area contributed by atoms with Crippen molar-refractivity contribution in [2.24, 2.45) is 0 Å². The summed E-state index contributed by atoms with van der Waals surface area (Å²) in [5.74, 6) is 0. The Bertz CT molecular complexity index is 597. The molecular formula is C15H14BrCl2N. The summed E-state index contributed by atoms with van der Waals surface area (Å²) in [6, 6.07) is 11.7. The number of aryl methyl sites for hydroxylation is 1. The van der Waals surface area contributed by atoms with Gasteiger partial charge in [0.05, 0.1) is 6.04 Å². The van der Waals surface area contributed by atoms with Crippen LogP contribution in [0.3, 0.4) is 0 Å². The molecule has 19 heavy (non-hydrogen) atoms. The van der Waals surface area contributed by atoms with Crippen molar-refractivity contribution in [1.82, 2.24) is 5.32 Å². The van der Waals surface area contributed by atoms with E-state index in [1.165, 1.54) is 5.56 Å². The molecule has 1 N–H and O–H groups in total. The van der Waals surface area contributed by atoms with E-state index in [0.29, 0.717) is 10.0 Å². The zero-order chi connectivity index (χ0) is 14.0. The Morgan fingerprint density at radius 2 is 1.84 bits per heavy atom. The number of hydrogen-bond acceptors (Lipinski definition) is 1. The number of hydrogen-bond donors (Lipinski definition) is 1. The molecule has 0 heterocycles. The van der Waals surface area contributed by atoms with Crippen LogP contribution in [0, 0.1) is 6.92 Å². The van der Waals surface area contributed by atoms with E-state index in [1.54, 1.807) is 6.07 Å². The largest absolute Gasteiger partial charge is 0.309 e. The Morgan fingerprint density at radius 3 is 2.53 bits per heavy atom. The van der Waals surface area contributed by atoms with E-state index in [4.69, 9.17) is 23.2 Å². The van der Waals surface area contributed by atoms with Gasteiger partial charge in [0.1, 0.15) is 0 Å². The van der Waals surface area contributed by atoms with Crippen LogP contribution in [0.5, 0.6) is 0 Å². The Hall–Kier alpha value is -0.540. The van der Waals surface area contributed by atoms with Gasteiger partial charge in [-0.25, -0.2) is 0 Å². The molecule has 2 aromatic rings. The van der Waals surface area contributed by atoms with Gasteiger partial charge in [-0.05, 0) is 48.9 Å². The van der Waals surface area contributed by atoms with Crippen LogP contribution in [0.2, 0.25) is 10.0 Å². The fourth-order valence-corrected chi connectivity index (χ4v) is 3.01. The molecule has 2 rings (SSSR count). The van der Waals surface area contributed by atoms with Gasteiger partial charge in [0.25, 0.3) is 0 Å². The predicted octanol–water partition coefficient (Wildman–Crippen LogP) is 5.37. The number of nitrogens with one attached hydrogen (secondary N) is 1. The van der Waals surface area contributed by atoms with Crippen molar-refractivity contribution < 1.29 is 0 Å². The monoisotopic (exact) mass is 357 g/mol. The first-order chi connectivity index (χ1) is 9.04. The predicted molar refractivity (Wildman–Crippen MR) is 86.2 cm³/mol. The molecule has 1 unspecified atom stereocenters. The summed E-state index contributed by atoms with van der Waals surface area (Å²) >= 11 is 16.0. The van der Waals surface area contributed by atoms with Gasteiger partial charge in [0.2, 0.25) is 0 Å². The summed E-state index contributed by atoms with van der Waals surface area (Å²) in [6.07, 6.45) is 0. The lowest BCUT2D eigenvalue weighted by atomic mass is 9.97. The average Bonchev–Trinajstić information content (AvgIpc) is 2.39. The van der Waals surface area contributed by atoms with Gasteiger partial charge < -0.3 is 5.32 Å². The molecule has 0 amide bonds. The summed E-state index contributed by atoms with van der Waals surface area (Å²) < 4.78 is 1.09. The Morgan fingerprint density at radius 1 is 1.11 bits per heavy atom. The standard InChI is InChI=1S/C15H14BrCl2N/c1-9-4-3-5-11(14(9)16)15(19-2)12-8-10(17)6-7-13(12)18/h3-8,15,19H,1-2H3. The van der Waals surface area contributed by atoms with Crippen LogP contribution < -0.4 is 5.32 Å². The van der Waals surface area contributed by atoms with Crippen LogP contribution >= 0.6 is 39.1 Å². The van der Waals surface area contributed by atoms with E-state index >= 15 is 0 Å². The molecule has 0 fully saturated rings. The zero-order valence-corrected chi connectivity index (χ0v) is 13.8. The van der Waals surface area contributed by atoms with Crippen molar-refractivity contribution in [2.75, 3.05) is 7.05 Å². The minimum atomic E-state index is 0.000440. The molecule has 0 spiro atoms. The third-order valence-electron chi connectivity index (χ3n) is 3.09. The number of rotatable bonds is 3. The Kier molecular flexibility index (Phi) is 4.91. The molecule has 0 saturated heterocycles. The van der Waals surface area contributed by atoms with E-state index in [2.05, 4.69) is 40.3 Å². The molecule has 0 aliphatic heterocycles. The number of halogens is 3. The SMILES string of the molecule is CNC(c1cc(Cl)ccc1Cl)c1cccc(C)c1Br. The van der Waals surface area contributed by atoms with Crippen molar-refractivity contribution >= 4 is 39.1 Å². The first kappa shape index (κ1) is 14.9. The van der Waals surface area contributed by atoms with E-state index in [9.17, 15) is 0 Å². The van der Waals surface area contributed by atoms with Crippen molar-refractivity contribution in [2.45, 2.75) is 13.0 Å². The smallest absolute Gasteiger partial charge is 0.0600 e. The molecule has 1 atom stereocenters. The summed E-state index contributed by atoms with van der Waals surface area (Å²) in [5, 5.41) is 4.69.